The molecule has 0 bridgehead atoms. The van der Waals surface area contributed by atoms with E-state index in [9.17, 15) is 9.18 Å². The van der Waals surface area contributed by atoms with Crippen molar-refractivity contribution >= 4 is 5.97 Å². The molecule has 3 nitrogen and oxygen atoms in total. The SMILES string of the molecule is CCC1(C)CCN(Cc2ccc(C(=O)OC)c(F)c2)CC1. The smallest absolute Gasteiger partial charge is 0.340 e. The Labute approximate surface area is 126 Å². The van der Waals surface area contributed by atoms with E-state index in [1.807, 2.05) is 6.07 Å². The van der Waals surface area contributed by atoms with Crippen molar-refractivity contribution in [2.75, 3.05) is 20.2 Å². The number of carbonyl (C=O) groups is 1. The minimum atomic E-state index is -0.629. The number of esters is 1. The molecule has 21 heavy (non-hydrogen) atoms. The second-order valence-electron chi connectivity index (χ2n) is 6.25. The van der Waals surface area contributed by atoms with Gasteiger partial charge in [0.1, 0.15) is 5.82 Å². The van der Waals surface area contributed by atoms with Crippen molar-refractivity contribution in [1.29, 1.82) is 0 Å². The molecule has 1 saturated heterocycles. The fourth-order valence-corrected chi connectivity index (χ4v) is 2.80. The molecule has 0 aliphatic carbocycles. The first-order valence-electron chi connectivity index (χ1n) is 7.56. The van der Waals surface area contributed by atoms with Gasteiger partial charge in [-0.15, -0.1) is 0 Å². The van der Waals surface area contributed by atoms with Crippen LogP contribution in [0, 0.1) is 11.2 Å². The van der Waals surface area contributed by atoms with E-state index >= 15 is 0 Å². The highest BCUT2D eigenvalue weighted by Crippen LogP contribution is 2.34. The van der Waals surface area contributed by atoms with Crippen LogP contribution in [-0.4, -0.2) is 31.1 Å². The molecule has 1 fully saturated rings. The first kappa shape index (κ1) is 16.0. The van der Waals surface area contributed by atoms with Gasteiger partial charge < -0.3 is 4.74 Å². The Hall–Kier alpha value is -1.42. The monoisotopic (exact) mass is 293 g/mol. The maximum atomic E-state index is 13.9. The lowest BCUT2D eigenvalue weighted by Crippen LogP contribution is -2.37. The standard InChI is InChI=1S/C17H24FNO2/c1-4-17(2)7-9-19(10-8-17)12-13-5-6-14(15(18)11-13)16(20)21-3/h5-6,11H,4,7-10,12H2,1-3H3. The summed E-state index contributed by atoms with van der Waals surface area (Å²) in [5.41, 5.74) is 1.36. The van der Waals surface area contributed by atoms with E-state index in [0.717, 1.165) is 25.2 Å². The number of ether oxygens (including phenoxy) is 1. The van der Waals surface area contributed by atoms with Gasteiger partial charge in [-0.2, -0.15) is 0 Å². The summed E-state index contributed by atoms with van der Waals surface area (Å²) in [6, 6.07) is 4.76. The molecule has 4 heteroatoms. The van der Waals surface area contributed by atoms with Gasteiger partial charge in [-0.1, -0.05) is 26.3 Å². The molecule has 1 aromatic carbocycles. The quantitative estimate of drug-likeness (QED) is 0.794. The zero-order valence-electron chi connectivity index (χ0n) is 13.1. The molecule has 0 radical (unpaired) electrons. The molecule has 0 unspecified atom stereocenters. The highest BCUT2D eigenvalue weighted by atomic mass is 19.1. The third kappa shape index (κ3) is 3.82. The number of carbonyl (C=O) groups excluding carboxylic acids is 1. The highest BCUT2D eigenvalue weighted by molar-refractivity contribution is 5.89. The van der Waals surface area contributed by atoms with Gasteiger partial charge in [0.2, 0.25) is 0 Å². The van der Waals surface area contributed by atoms with E-state index < -0.39 is 11.8 Å². The van der Waals surface area contributed by atoms with Gasteiger partial charge in [0.15, 0.2) is 0 Å². The van der Waals surface area contributed by atoms with E-state index in [4.69, 9.17) is 0 Å². The zero-order valence-corrected chi connectivity index (χ0v) is 13.1. The fraction of sp³-hybridized carbons (Fsp3) is 0.588. The maximum Gasteiger partial charge on any atom is 0.340 e. The molecule has 0 N–H and O–H groups in total. The third-order valence-electron chi connectivity index (χ3n) is 4.76. The summed E-state index contributed by atoms with van der Waals surface area (Å²) in [6.07, 6.45) is 3.59. The van der Waals surface area contributed by atoms with Crippen molar-refractivity contribution in [3.05, 3.63) is 35.1 Å². The number of methoxy groups -OCH3 is 1. The fourth-order valence-electron chi connectivity index (χ4n) is 2.80. The largest absolute Gasteiger partial charge is 0.465 e. The van der Waals surface area contributed by atoms with Crippen LogP contribution in [0.2, 0.25) is 0 Å². The van der Waals surface area contributed by atoms with E-state index in [1.54, 1.807) is 0 Å². The Morgan fingerprint density at radius 2 is 2.05 bits per heavy atom. The average Bonchev–Trinajstić information content (AvgIpc) is 2.49. The van der Waals surface area contributed by atoms with Crippen LogP contribution in [0.25, 0.3) is 0 Å². The lowest BCUT2D eigenvalue weighted by atomic mass is 9.78. The molecule has 1 aliphatic rings. The van der Waals surface area contributed by atoms with Crippen LogP contribution in [0.1, 0.15) is 49.0 Å². The second-order valence-corrected chi connectivity index (χ2v) is 6.25. The second kappa shape index (κ2) is 6.56. The summed E-state index contributed by atoms with van der Waals surface area (Å²) in [5, 5.41) is 0. The zero-order chi connectivity index (χ0) is 15.5. The number of piperidine rings is 1. The summed E-state index contributed by atoms with van der Waals surface area (Å²) in [5.74, 6) is -1.13. The maximum absolute atomic E-state index is 13.9. The van der Waals surface area contributed by atoms with E-state index in [-0.39, 0.29) is 5.56 Å². The topological polar surface area (TPSA) is 29.5 Å². The van der Waals surface area contributed by atoms with E-state index in [1.165, 1.54) is 38.5 Å². The average molecular weight is 293 g/mol. The number of halogens is 1. The Morgan fingerprint density at radius 3 is 2.57 bits per heavy atom. The van der Waals surface area contributed by atoms with Gasteiger partial charge in [-0.05, 0) is 49.0 Å². The normalized spacial score (nSPS) is 18.5. The van der Waals surface area contributed by atoms with Crippen molar-refractivity contribution in [2.45, 2.75) is 39.7 Å². The number of nitrogens with zero attached hydrogens (tertiary/aromatic N) is 1. The Balaban J connectivity index is 1.98. The van der Waals surface area contributed by atoms with Crippen molar-refractivity contribution in [3.8, 4) is 0 Å². The van der Waals surface area contributed by atoms with Gasteiger partial charge in [-0.3, -0.25) is 4.90 Å². The molecule has 0 atom stereocenters. The summed E-state index contributed by atoms with van der Waals surface area (Å²) in [4.78, 5) is 13.7. The van der Waals surface area contributed by atoms with E-state index in [2.05, 4.69) is 23.5 Å². The van der Waals surface area contributed by atoms with Gasteiger partial charge in [-0.25, -0.2) is 9.18 Å². The number of rotatable bonds is 4. The number of hydrogen-bond donors (Lipinski definition) is 0. The van der Waals surface area contributed by atoms with Crippen molar-refractivity contribution < 1.29 is 13.9 Å². The lowest BCUT2D eigenvalue weighted by Gasteiger charge is -2.39. The molecular formula is C17H24FNO2. The van der Waals surface area contributed by atoms with Crippen LogP contribution in [0.5, 0.6) is 0 Å². The molecule has 0 spiro atoms. The number of hydrogen-bond acceptors (Lipinski definition) is 3. The molecule has 1 aromatic rings. The van der Waals surface area contributed by atoms with Crippen LogP contribution in [-0.2, 0) is 11.3 Å². The van der Waals surface area contributed by atoms with Gasteiger partial charge in [0.05, 0.1) is 12.7 Å². The first-order chi connectivity index (χ1) is 9.97. The summed E-state index contributed by atoms with van der Waals surface area (Å²) >= 11 is 0. The summed E-state index contributed by atoms with van der Waals surface area (Å²) in [7, 11) is 1.26. The molecule has 1 heterocycles. The minimum absolute atomic E-state index is 0.00143. The molecular weight excluding hydrogens is 269 g/mol. The van der Waals surface area contributed by atoms with Crippen LogP contribution in [0.3, 0.4) is 0 Å². The first-order valence-corrected chi connectivity index (χ1v) is 7.56. The van der Waals surface area contributed by atoms with Gasteiger partial charge in [0.25, 0.3) is 0 Å². The Kier molecular flexibility index (Phi) is 4.99. The predicted molar refractivity (Wildman–Crippen MR) is 80.6 cm³/mol. The highest BCUT2D eigenvalue weighted by Gasteiger charge is 2.28. The minimum Gasteiger partial charge on any atom is -0.465 e. The number of benzene rings is 1. The number of likely N-dealkylation sites (tertiary alicyclic amines) is 1. The summed E-state index contributed by atoms with van der Waals surface area (Å²) < 4.78 is 18.5. The lowest BCUT2D eigenvalue weighted by molar-refractivity contribution is 0.0595. The molecule has 0 saturated carbocycles. The molecule has 2 rings (SSSR count). The molecule has 0 amide bonds. The van der Waals surface area contributed by atoms with Crippen LogP contribution >= 0.6 is 0 Å². The van der Waals surface area contributed by atoms with Crippen LogP contribution < -0.4 is 0 Å². The van der Waals surface area contributed by atoms with Crippen LogP contribution in [0.15, 0.2) is 18.2 Å². The van der Waals surface area contributed by atoms with E-state index in [0.29, 0.717) is 5.41 Å². The van der Waals surface area contributed by atoms with Crippen molar-refractivity contribution in [1.82, 2.24) is 4.90 Å². The predicted octanol–water partition coefficient (Wildman–Crippen LogP) is 3.62. The van der Waals surface area contributed by atoms with Gasteiger partial charge >= 0.3 is 5.97 Å². The molecule has 0 aromatic heterocycles. The Morgan fingerprint density at radius 1 is 1.38 bits per heavy atom. The Bertz CT molecular complexity index is 508. The van der Waals surface area contributed by atoms with Crippen molar-refractivity contribution in [3.63, 3.8) is 0 Å². The summed E-state index contributed by atoms with van der Waals surface area (Å²) in [6.45, 7) is 7.42. The molecule has 1 aliphatic heterocycles. The van der Waals surface area contributed by atoms with Crippen molar-refractivity contribution in [2.24, 2.45) is 5.41 Å². The molecule has 116 valence electrons. The third-order valence-corrected chi connectivity index (χ3v) is 4.76. The van der Waals surface area contributed by atoms with Gasteiger partial charge in [0, 0.05) is 6.54 Å². The van der Waals surface area contributed by atoms with Crippen LogP contribution in [0.4, 0.5) is 4.39 Å².